The Morgan fingerprint density at radius 1 is 1.15 bits per heavy atom. The molecule has 0 radical (unpaired) electrons. The van der Waals surface area contributed by atoms with Crippen molar-refractivity contribution in [3.63, 3.8) is 0 Å². The van der Waals surface area contributed by atoms with Crippen molar-refractivity contribution in [2.75, 3.05) is 0 Å². The highest BCUT2D eigenvalue weighted by atomic mass is 35.5. The minimum atomic E-state index is -0.380. The Balaban J connectivity index is 2.03. The number of hydrogen-bond donors (Lipinski definition) is 1. The molecule has 2 aromatic rings. The molecule has 2 rings (SSSR count). The molecule has 102 valence electrons. The molecular formula is C15H12Cl2N2O. The number of nitrogens with one attached hydrogen (secondary N) is 1. The summed E-state index contributed by atoms with van der Waals surface area (Å²) in [4.78, 5) is 11.9. The number of aryl methyl sites for hydroxylation is 1. The van der Waals surface area contributed by atoms with Crippen LogP contribution in [0, 0.1) is 6.92 Å². The van der Waals surface area contributed by atoms with E-state index in [1.165, 1.54) is 11.6 Å². The van der Waals surface area contributed by atoms with Crippen LogP contribution in [0.15, 0.2) is 47.6 Å². The van der Waals surface area contributed by atoms with Crippen LogP contribution in [0.3, 0.4) is 0 Å². The van der Waals surface area contributed by atoms with Gasteiger partial charge in [0.25, 0.3) is 5.91 Å². The van der Waals surface area contributed by atoms with Crippen LogP contribution in [0.1, 0.15) is 21.5 Å². The van der Waals surface area contributed by atoms with E-state index < -0.39 is 0 Å². The highest BCUT2D eigenvalue weighted by molar-refractivity contribution is 6.36. The van der Waals surface area contributed by atoms with Gasteiger partial charge in [0.1, 0.15) is 0 Å². The average Bonchev–Trinajstić information content (AvgIpc) is 2.41. The standard InChI is InChI=1S/C15H12Cl2N2O/c1-10-2-4-11(5-3-10)9-18-19-15(20)13-7-6-12(16)8-14(13)17/h2-9H,1H3,(H,19,20)/b18-9-. The van der Waals surface area contributed by atoms with Crippen LogP contribution in [0.2, 0.25) is 10.0 Å². The second-order valence-corrected chi connectivity index (χ2v) is 5.08. The predicted molar refractivity (Wildman–Crippen MR) is 82.7 cm³/mol. The summed E-state index contributed by atoms with van der Waals surface area (Å²) in [5.74, 6) is -0.380. The zero-order valence-corrected chi connectivity index (χ0v) is 12.2. The van der Waals surface area contributed by atoms with E-state index in [1.807, 2.05) is 31.2 Å². The number of rotatable bonds is 3. The predicted octanol–water partition coefficient (Wildman–Crippen LogP) is 4.07. The molecule has 0 aliphatic rings. The van der Waals surface area contributed by atoms with Crippen LogP contribution in [0.25, 0.3) is 0 Å². The normalized spacial score (nSPS) is 10.8. The summed E-state index contributed by atoms with van der Waals surface area (Å²) in [5.41, 5.74) is 4.82. The van der Waals surface area contributed by atoms with Gasteiger partial charge in [-0.05, 0) is 30.7 Å². The zero-order valence-electron chi connectivity index (χ0n) is 10.7. The lowest BCUT2D eigenvalue weighted by atomic mass is 10.2. The molecule has 2 aromatic carbocycles. The number of carbonyl (C=O) groups is 1. The monoisotopic (exact) mass is 306 g/mol. The van der Waals surface area contributed by atoms with Crippen LogP contribution >= 0.6 is 23.2 Å². The molecule has 0 atom stereocenters. The first-order valence-electron chi connectivity index (χ1n) is 5.91. The van der Waals surface area contributed by atoms with Crippen molar-refractivity contribution in [3.05, 3.63) is 69.2 Å². The lowest BCUT2D eigenvalue weighted by Gasteiger charge is -2.02. The molecule has 0 aliphatic carbocycles. The number of nitrogens with zero attached hydrogens (tertiary/aromatic N) is 1. The molecule has 0 fully saturated rings. The smallest absolute Gasteiger partial charge is 0.267 e. The topological polar surface area (TPSA) is 41.5 Å². The third-order valence-corrected chi connectivity index (χ3v) is 3.18. The summed E-state index contributed by atoms with van der Waals surface area (Å²) >= 11 is 11.7. The van der Waals surface area contributed by atoms with E-state index in [0.717, 1.165) is 5.56 Å². The zero-order chi connectivity index (χ0) is 14.5. The number of amides is 1. The van der Waals surface area contributed by atoms with Gasteiger partial charge in [0.2, 0.25) is 0 Å². The minimum Gasteiger partial charge on any atom is -0.267 e. The van der Waals surface area contributed by atoms with Crippen LogP contribution in [-0.2, 0) is 0 Å². The molecule has 0 aromatic heterocycles. The molecule has 20 heavy (non-hydrogen) atoms. The van der Waals surface area contributed by atoms with E-state index in [1.54, 1.807) is 18.3 Å². The third-order valence-electron chi connectivity index (χ3n) is 2.63. The molecule has 1 amide bonds. The molecule has 0 saturated heterocycles. The lowest BCUT2D eigenvalue weighted by Crippen LogP contribution is -2.18. The van der Waals surface area contributed by atoms with Crippen LogP contribution in [0.4, 0.5) is 0 Å². The second kappa shape index (κ2) is 6.55. The van der Waals surface area contributed by atoms with Crippen LogP contribution < -0.4 is 5.43 Å². The maximum Gasteiger partial charge on any atom is 0.272 e. The van der Waals surface area contributed by atoms with Gasteiger partial charge in [-0.1, -0.05) is 53.0 Å². The molecule has 3 nitrogen and oxygen atoms in total. The van der Waals surface area contributed by atoms with Crippen molar-refractivity contribution in [3.8, 4) is 0 Å². The van der Waals surface area contributed by atoms with Crippen molar-refractivity contribution in [1.29, 1.82) is 0 Å². The molecule has 0 unspecified atom stereocenters. The minimum absolute atomic E-state index is 0.292. The average molecular weight is 307 g/mol. The van der Waals surface area contributed by atoms with Crippen molar-refractivity contribution < 1.29 is 4.79 Å². The fourth-order valence-electron chi connectivity index (χ4n) is 1.55. The Labute approximate surface area is 127 Å². The van der Waals surface area contributed by atoms with Gasteiger partial charge in [-0.2, -0.15) is 5.10 Å². The second-order valence-electron chi connectivity index (χ2n) is 4.23. The van der Waals surface area contributed by atoms with E-state index in [0.29, 0.717) is 15.6 Å². The first-order chi connectivity index (χ1) is 9.56. The molecule has 0 spiro atoms. The van der Waals surface area contributed by atoms with Crippen LogP contribution in [0.5, 0.6) is 0 Å². The van der Waals surface area contributed by atoms with Gasteiger partial charge in [-0.3, -0.25) is 4.79 Å². The SMILES string of the molecule is Cc1ccc(/C=N\NC(=O)c2ccc(Cl)cc2Cl)cc1. The molecule has 5 heteroatoms. The van der Waals surface area contributed by atoms with Gasteiger partial charge in [-0.25, -0.2) is 5.43 Å². The first kappa shape index (κ1) is 14.6. The summed E-state index contributed by atoms with van der Waals surface area (Å²) in [6, 6.07) is 12.5. The Hall–Kier alpha value is -1.84. The molecule has 1 N–H and O–H groups in total. The number of halogens is 2. The van der Waals surface area contributed by atoms with E-state index in [4.69, 9.17) is 23.2 Å². The van der Waals surface area contributed by atoms with Crippen LogP contribution in [-0.4, -0.2) is 12.1 Å². The van der Waals surface area contributed by atoms with Gasteiger partial charge >= 0.3 is 0 Å². The van der Waals surface area contributed by atoms with E-state index in [-0.39, 0.29) is 5.91 Å². The number of benzene rings is 2. The number of hydrazone groups is 1. The fraction of sp³-hybridized carbons (Fsp3) is 0.0667. The fourth-order valence-corrected chi connectivity index (χ4v) is 2.05. The molecule has 0 bridgehead atoms. The van der Waals surface area contributed by atoms with Crippen molar-refractivity contribution >= 4 is 35.3 Å². The molecule has 0 heterocycles. The Bertz CT molecular complexity index is 651. The molecular weight excluding hydrogens is 295 g/mol. The number of carbonyl (C=O) groups excluding carboxylic acids is 1. The van der Waals surface area contributed by atoms with Crippen molar-refractivity contribution in [2.24, 2.45) is 5.10 Å². The van der Waals surface area contributed by atoms with Gasteiger partial charge in [-0.15, -0.1) is 0 Å². The maximum absolute atomic E-state index is 11.9. The first-order valence-corrected chi connectivity index (χ1v) is 6.67. The Kier molecular flexibility index (Phi) is 4.77. The van der Waals surface area contributed by atoms with Gasteiger partial charge in [0.15, 0.2) is 0 Å². The van der Waals surface area contributed by atoms with Gasteiger partial charge < -0.3 is 0 Å². The lowest BCUT2D eigenvalue weighted by molar-refractivity contribution is 0.0955. The van der Waals surface area contributed by atoms with E-state index in [9.17, 15) is 4.79 Å². The third kappa shape index (κ3) is 3.83. The summed E-state index contributed by atoms with van der Waals surface area (Å²) in [7, 11) is 0. The summed E-state index contributed by atoms with van der Waals surface area (Å²) in [6.07, 6.45) is 1.57. The van der Waals surface area contributed by atoms with Gasteiger partial charge in [0.05, 0.1) is 16.8 Å². The Morgan fingerprint density at radius 2 is 1.85 bits per heavy atom. The highest BCUT2D eigenvalue weighted by Gasteiger charge is 2.09. The maximum atomic E-state index is 11.9. The highest BCUT2D eigenvalue weighted by Crippen LogP contribution is 2.20. The quantitative estimate of drug-likeness (QED) is 0.674. The molecule has 0 saturated carbocycles. The summed E-state index contributed by atoms with van der Waals surface area (Å²) < 4.78 is 0. The van der Waals surface area contributed by atoms with E-state index in [2.05, 4.69) is 10.5 Å². The van der Waals surface area contributed by atoms with Crippen molar-refractivity contribution in [1.82, 2.24) is 5.43 Å². The largest absolute Gasteiger partial charge is 0.272 e. The summed E-state index contributed by atoms with van der Waals surface area (Å²) in [6.45, 7) is 2.01. The van der Waals surface area contributed by atoms with Gasteiger partial charge in [0, 0.05) is 5.02 Å². The summed E-state index contributed by atoms with van der Waals surface area (Å²) in [5, 5.41) is 4.67. The van der Waals surface area contributed by atoms with E-state index >= 15 is 0 Å². The number of hydrogen-bond acceptors (Lipinski definition) is 2. The Morgan fingerprint density at radius 3 is 2.50 bits per heavy atom. The molecule has 0 aliphatic heterocycles. The van der Waals surface area contributed by atoms with Crippen molar-refractivity contribution in [2.45, 2.75) is 6.92 Å².